The number of H-pyrrole nitrogens is 1. The standard InChI is InChI=1S/C20H22N6O4/c21-15(6-13-8-22-10-24-13)18(28)23-7-11-1-2-14-12(5-11)9-26(20(14)30)16-3-4-17(27)25-19(16)29/h1-2,5,8,10,15-16H,3-4,6-7,9,21H2,(H,22,24)(H,23,28)(H,25,27,29)/t15?,16-/m0/s1. The molecular weight excluding hydrogens is 388 g/mol. The molecule has 2 aliphatic heterocycles. The zero-order valence-electron chi connectivity index (χ0n) is 16.2. The van der Waals surface area contributed by atoms with Crippen molar-refractivity contribution in [2.24, 2.45) is 5.73 Å². The third-order valence-corrected chi connectivity index (χ3v) is 5.39. The van der Waals surface area contributed by atoms with E-state index >= 15 is 0 Å². The van der Waals surface area contributed by atoms with Gasteiger partial charge in [-0.15, -0.1) is 0 Å². The van der Waals surface area contributed by atoms with Crippen molar-refractivity contribution in [3.63, 3.8) is 0 Å². The lowest BCUT2D eigenvalue weighted by Crippen LogP contribution is -2.52. The van der Waals surface area contributed by atoms with E-state index in [2.05, 4.69) is 20.6 Å². The van der Waals surface area contributed by atoms with E-state index in [-0.39, 0.29) is 30.7 Å². The number of imidazole rings is 1. The molecule has 0 spiro atoms. The first kappa shape index (κ1) is 19.8. The SMILES string of the molecule is NC(Cc1cnc[nH]1)C(=O)NCc1ccc2c(c1)CN([C@H]1CCC(=O)NC1=O)C2=O. The van der Waals surface area contributed by atoms with E-state index in [9.17, 15) is 19.2 Å². The van der Waals surface area contributed by atoms with Crippen molar-refractivity contribution in [2.75, 3.05) is 0 Å². The number of carbonyl (C=O) groups is 4. The van der Waals surface area contributed by atoms with Crippen LogP contribution >= 0.6 is 0 Å². The predicted molar refractivity (Wildman–Crippen MR) is 105 cm³/mol. The van der Waals surface area contributed by atoms with Gasteiger partial charge in [-0.1, -0.05) is 12.1 Å². The number of rotatable bonds is 6. The summed E-state index contributed by atoms with van der Waals surface area (Å²) >= 11 is 0. The van der Waals surface area contributed by atoms with Crippen LogP contribution in [0.2, 0.25) is 0 Å². The highest BCUT2D eigenvalue weighted by Gasteiger charge is 2.39. The monoisotopic (exact) mass is 410 g/mol. The molecule has 1 aromatic heterocycles. The van der Waals surface area contributed by atoms with Gasteiger partial charge < -0.3 is 20.9 Å². The summed E-state index contributed by atoms with van der Waals surface area (Å²) in [6, 6.07) is 3.97. The van der Waals surface area contributed by atoms with Gasteiger partial charge in [-0.3, -0.25) is 24.5 Å². The molecule has 30 heavy (non-hydrogen) atoms. The topological polar surface area (TPSA) is 150 Å². The van der Waals surface area contributed by atoms with Crippen molar-refractivity contribution in [1.82, 2.24) is 25.5 Å². The van der Waals surface area contributed by atoms with Crippen LogP contribution in [-0.2, 0) is 33.9 Å². The molecular formula is C20H22N6O4. The van der Waals surface area contributed by atoms with Crippen LogP contribution in [0.25, 0.3) is 0 Å². The number of aromatic nitrogens is 2. The van der Waals surface area contributed by atoms with Crippen molar-refractivity contribution in [3.8, 4) is 0 Å². The molecule has 10 nitrogen and oxygen atoms in total. The number of hydrogen-bond acceptors (Lipinski definition) is 6. The van der Waals surface area contributed by atoms with E-state index in [0.29, 0.717) is 24.9 Å². The molecule has 2 aliphatic rings. The number of carbonyl (C=O) groups excluding carboxylic acids is 4. The van der Waals surface area contributed by atoms with Gasteiger partial charge in [0.15, 0.2) is 0 Å². The number of imide groups is 1. The number of amides is 4. The van der Waals surface area contributed by atoms with Gasteiger partial charge in [0, 0.05) is 43.4 Å². The summed E-state index contributed by atoms with van der Waals surface area (Å²) in [5.41, 5.74) is 8.86. The molecule has 0 bridgehead atoms. The fourth-order valence-electron chi connectivity index (χ4n) is 3.78. The number of benzene rings is 1. The zero-order valence-corrected chi connectivity index (χ0v) is 16.2. The Balaban J connectivity index is 1.37. The summed E-state index contributed by atoms with van der Waals surface area (Å²) in [6.07, 6.45) is 4.04. The van der Waals surface area contributed by atoms with Crippen molar-refractivity contribution >= 4 is 23.6 Å². The maximum Gasteiger partial charge on any atom is 0.255 e. The summed E-state index contributed by atoms with van der Waals surface area (Å²) in [5.74, 6) is -1.27. The van der Waals surface area contributed by atoms with Crippen molar-refractivity contribution < 1.29 is 19.2 Å². The highest BCUT2D eigenvalue weighted by molar-refractivity contribution is 6.05. The Bertz CT molecular complexity index is 1000. The summed E-state index contributed by atoms with van der Waals surface area (Å²) in [6.45, 7) is 0.566. The van der Waals surface area contributed by atoms with Crippen LogP contribution in [0.1, 0.15) is 40.0 Å². The first-order valence-corrected chi connectivity index (χ1v) is 9.69. The average molecular weight is 410 g/mol. The molecule has 0 saturated carbocycles. The first-order chi connectivity index (χ1) is 14.4. The second-order valence-corrected chi connectivity index (χ2v) is 7.50. The van der Waals surface area contributed by atoms with E-state index in [1.54, 1.807) is 18.3 Å². The number of nitrogens with zero attached hydrogens (tertiary/aromatic N) is 2. The van der Waals surface area contributed by atoms with Crippen LogP contribution in [0.15, 0.2) is 30.7 Å². The normalized spacial score (nSPS) is 19.4. The van der Waals surface area contributed by atoms with Crippen molar-refractivity contribution in [1.29, 1.82) is 0 Å². The van der Waals surface area contributed by atoms with Crippen LogP contribution in [0.4, 0.5) is 0 Å². The minimum absolute atomic E-state index is 0.215. The molecule has 1 saturated heterocycles. The lowest BCUT2D eigenvalue weighted by atomic mass is 10.0. The highest BCUT2D eigenvalue weighted by atomic mass is 16.2. The number of nitrogens with one attached hydrogen (secondary N) is 3. The quantitative estimate of drug-likeness (QED) is 0.465. The third kappa shape index (κ3) is 3.94. The molecule has 156 valence electrons. The van der Waals surface area contributed by atoms with Crippen molar-refractivity contribution in [3.05, 3.63) is 53.1 Å². The molecule has 1 unspecified atom stereocenters. The van der Waals surface area contributed by atoms with Gasteiger partial charge in [0.2, 0.25) is 17.7 Å². The summed E-state index contributed by atoms with van der Waals surface area (Å²) < 4.78 is 0. The fraction of sp³-hybridized carbons (Fsp3) is 0.350. The largest absolute Gasteiger partial charge is 0.351 e. The van der Waals surface area contributed by atoms with Crippen LogP contribution in [0.3, 0.4) is 0 Å². The Morgan fingerprint density at radius 1 is 1.33 bits per heavy atom. The van der Waals surface area contributed by atoms with E-state index in [1.807, 2.05) is 6.07 Å². The molecule has 4 amide bonds. The van der Waals surface area contributed by atoms with Gasteiger partial charge in [-0.25, -0.2) is 4.98 Å². The smallest absolute Gasteiger partial charge is 0.255 e. The lowest BCUT2D eigenvalue weighted by Gasteiger charge is -2.29. The van der Waals surface area contributed by atoms with E-state index < -0.39 is 18.0 Å². The maximum absolute atomic E-state index is 12.7. The molecule has 1 fully saturated rings. The second kappa shape index (κ2) is 8.07. The molecule has 4 rings (SSSR count). The minimum atomic E-state index is -0.704. The summed E-state index contributed by atoms with van der Waals surface area (Å²) in [7, 11) is 0. The molecule has 0 aliphatic carbocycles. The molecule has 0 radical (unpaired) electrons. The molecule has 2 aromatic rings. The number of aromatic amines is 1. The average Bonchev–Trinajstić information content (AvgIpc) is 3.34. The first-order valence-electron chi connectivity index (χ1n) is 9.69. The van der Waals surface area contributed by atoms with Crippen LogP contribution in [0, 0.1) is 0 Å². The Morgan fingerprint density at radius 2 is 2.17 bits per heavy atom. The zero-order chi connectivity index (χ0) is 21.3. The van der Waals surface area contributed by atoms with E-state index in [1.165, 1.54) is 11.2 Å². The van der Waals surface area contributed by atoms with Gasteiger partial charge >= 0.3 is 0 Å². The fourth-order valence-corrected chi connectivity index (χ4v) is 3.78. The molecule has 10 heteroatoms. The minimum Gasteiger partial charge on any atom is -0.351 e. The van der Waals surface area contributed by atoms with Gasteiger partial charge in [0.1, 0.15) is 6.04 Å². The van der Waals surface area contributed by atoms with Crippen LogP contribution in [-0.4, -0.2) is 50.6 Å². The van der Waals surface area contributed by atoms with Gasteiger partial charge in [-0.05, 0) is 23.6 Å². The Kier molecular flexibility index (Phi) is 5.32. The van der Waals surface area contributed by atoms with Crippen LogP contribution < -0.4 is 16.4 Å². The number of nitrogens with two attached hydrogens (primary N) is 1. The predicted octanol–water partition coefficient (Wildman–Crippen LogP) is -0.643. The molecule has 1 aromatic carbocycles. The molecule has 5 N–H and O–H groups in total. The van der Waals surface area contributed by atoms with E-state index in [4.69, 9.17) is 5.73 Å². The van der Waals surface area contributed by atoms with Crippen molar-refractivity contribution in [2.45, 2.75) is 44.4 Å². The lowest BCUT2D eigenvalue weighted by molar-refractivity contribution is -0.137. The molecule has 2 atom stereocenters. The second-order valence-electron chi connectivity index (χ2n) is 7.50. The molecule has 3 heterocycles. The number of piperidine rings is 1. The van der Waals surface area contributed by atoms with Gasteiger partial charge in [0.25, 0.3) is 5.91 Å². The van der Waals surface area contributed by atoms with Gasteiger partial charge in [-0.2, -0.15) is 0 Å². The maximum atomic E-state index is 12.7. The highest BCUT2D eigenvalue weighted by Crippen LogP contribution is 2.28. The Morgan fingerprint density at radius 3 is 2.90 bits per heavy atom. The summed E-state index contributed by atoms with van der Waals surface area (Å²) in [5, 5.41) is 5.09. The van der Waals surface area contributed by atoms with Gasteiger partial charge in [0.05, 0.1) is 12.4 Å². The van der Waals surface area contributed by atoms with Crippen LogP contribution in [0.5, 0.6) is 0 Å². The Hall–Kier alpha value is -3.53. The van der Waals surface area contributed by atoms with E-state index in [0.717, 1.165) is 16.8 Å². The third-order valence-electron chi connectivity index (χ3n) is 5.39. The number of fused-ring (bicyclic) bond motifs is 1. The number of hydrogen-bond donors (Lipinski definition) is 4. The summed E-state index contributed by atoms with van der Waals surface area (Å²) in [4.78, 5) is 56.7. The Labute approximate surface area is 172 Å².